The molecule has 0 saturated heterocycles. The van der Waals surface area contributed by atoms with Crippen molar-refractivity contribution in [3.05, 3.63) is 71.8 Å². The van der Waals surface area contributed by atoms with Crippen LogP contribution in [-0.4, -0.2) is 60.5 Å². The fraction of sp³-hybridized carbons (Fsp3) is 0.636. The standard InChI is InChI=1S/C17H27NO2.C13H19NO2.C10H21NO2.C4H8O/c1-13(2)10-16(18-11-14(3)4)17(19)20-12-15-8-6-5-7-9-15;1-10(2)8-12(14)13(15)16-9-11-6-4-3-5-7-11;1-7(2)5-9(10(12)13)11-6-8(3)4;1-4(2)3-5/h5-9,13-14,16,18H,10-12H2,1-4H3;3-7,10,12H,8-9,14H2,1-2H3;7-9,11H,5-6H2,1-4H3,(H,12,13);3-4H,1-2H3/t16-;12-;9-;/m000./s1. The van der Waals surface area contributed by atoms with E-state index in [0.717, 1.165) is 36.9 Å². The van der Waals surface area contributed by atoms with E-state index in [0.29, 0.717) is 55.6 Å². The average Bonchev–Trinajstić information content (AvgIpc) is 3.10. The number of benzene rings is 2. The van der Waals surface area contributed by atoms with Gasteiger partial charge in [-0.05, 0) is 73.1 Å². The van der Waals surface area contributed by atoms with E-state index >= 15 is 0 Å². The Balaban J connectivity index is 0. The molecular weight excluding hydrogens is 682 g/mol. The highest BCUT2D eigenvalue weighted by Gasteiger charge is 2.21. The Bertz CT molecular complexity index is 1240. The zero-order valence-electron chi connectivity index (χ0n) is 35.5. The number of carboxylic acids is 1. The molecule has 0 aromatic heterocycles. The van der Waals surface area contributed by atoms with Crippen LogP contribution in [0.5, 0.6) is 0 Å². The maximum absolute atomic E-state index is 12.2. The molecule has 0 aliphatic heterocycles. The summed E-state index contributed by atoms with van der Waals surface area (Å²) in [6, 6.07) is 18.3. The molecule has 0 spiro atoms. The number of nitrogens with two attached hydrogens (primary N) is 1. The number of hydrogen-bond donors (Lipinski definition) is 4. The van der Waals surface area contributed by atoms with Crippen LogP contribution in [0.3, 0.4) is 0 Å². The van der Waals surface area contributed by atoms with Crippen LogP contribution in [-0.2, 0) is 41.9 Å². The Kier molecular flexibility index (Phi) is 30.8. The summed E-state index contributed by atoms with van der Waals surface area (Å²) in [5.74, 6) is 1.29. The highest BCUT2D eigenvalue weighted by atomic mass is 16.5. The fourth-order valence-electron chi connectivity index (χ4n) is 4.50. The third kappa shape index (κ3) is 31.9. The van der Waals surface area contributed by atoms with E-state index < -0.39 is 12.0 Å². The molecule has 0 aliphatic rings. The van der Waals surface area contributed by atoms with E-state index in [1.54, 1.807) is 0 Å². The van der Waals surface area contributed by atoms with E-state index in [1.807, 2.05) is 102 Å². The van der Waals surface area contributed by atoms with Gasteiger partial charge in [0, 0.05) is 5.92 Å². The lowest BCUT2D eigenvalue weighted by molar-refractivity contribution is -0.148. The minimum absolute atomic E-state index is 0.150. The summed E-state index contributed by atoms with van der Waals surface area (Å²) >= 11 is 0. The molecule has 0 fully saturated rings. The van der Waals surface area contributed by atoms with E-state index in [2.05, 4.69) is 52.2 Å². The van der Waals surface area contributed by atoms with Gasteiger partial charge in [0.15, 0.2) is 0 Å². The number of hydrogen-bond acceptors (Lipinski definition) is 9. The summed E-state index contributed by atoms with van der Waals surface area (Å²) in [6.45, 7) is 26.7. The number of carboxylic acid groups (broad SMARTS) is 1. The van der Waals surface area contributed by atoms with E-state index in [9.17, 15) is 19.2 Å². The van der Waals surface area contributed by atoms with E-state index in [1.165, 1.54) is 0 Å². The van der Waals surface area contributed by atoms with Crippen molar-refractivity contribution >= 4 is 24.2 Å². The van der Waals surface area contributed by atoms with Crippen molar-refractivity contribution in [2.45, 2.75) is 134 Å². The minimum atomic E-state index is -0.741. The summed E-state index contributed by atoms with van der Waals surface area (Å²) in [5.41, 5.74) is 7.71. The normalized spacial score (nSPS) is 12.5. The third-order valence-electron chi connectivity index (χ3n) is 7.29. The lowest BCUT2D eigenvalue weighted by atomic mass is 10.0. The number of carbonyl (C=O) groups excluding carboxylic acids is 3. The Morgan fingerprint density at radius 2 is 0.944 bits per heavy atom. The summed E-state index contributed by atoms with van der Waals surface area (Å²) in [4.78, 5) is 44.0. The number of esters is 2. The Hall–Kier alpha value is -3.60. The summed E-state index contributed by atoms with van der Waals surface area (Å²) in [6.07, 6.45) is 3.08. The Morgan fingerprint density at radius 1 is 0.593 bits per heavy atom. The first kappa shape index (κ1) is 52.5. The molecule has 0 heterocycles. The highest BCUT2D eigenvalue weighted by Crippen LogP contribution is 2.10. The summed E-state index contributed by atoms with van der Waals surface area (Å²) in [7, 11) is 0. The number of nitrogens with one attached hydrogen (secondary N) is 2. The van der Waals surface area contributed by atoms with Gasteiger partial charge in [0.25, 0.3) is 0 Å². The maximum atomic E-state index is 12.2. The second kappa shape index (κ2) is 31.7. The predicted molar refractivity (Wildman–Crippen MR) is 221 cm³/mol. The average molecular weight is 758 g/mol. The van der Waals surface area contributed by atoms with Gasteiger partial charge in [-0.15, -0.1) is 0 Å². The lowest BCUT2D eigenvalue weighted by Crippen LogP contribution is -2.40. The van der Waals surface area contributed by atoms with Crippen LogP contribution in [0.15, 0.2) is 60.7 Å². The SMILES string of the molecule is CC(C)C=O.CC(C)CN[C@@H](CC(C)C)C(=O)O.CC(C)CN[C@@H](CC(C)C)C(=O)OCc1ccccc1.CC(C)C[C@H](N)C(=O)OCc1ccccc1. The van der Waals surface area contributed by atoms with Crippen molar-refractivity contribution in [3.8, 4) is 0 Å². The van der Waals surface area contributed by atoms with Crippen LogP contribution in [0, 0.1) is 35.5 Å². The lowest BCUT2D eigenvalue weighted by Gasteiger charge is -2.20. The van der Waals surface area contributed by atoms with E-state index in [-0.39, 0.29) is 29.9 Å². The van der Waals surface area contributed by atoms with Crippen LogP contribution < -0.4 is 16.4 Å². The van der Waals surface area contributed by atoms with Crippen molar-refractivity contribution in [3.63, 3.8) is 0 Å². The molecule has 0 unspecified atom stereocenters. The Morgan fingerprint density at radius 3 is 1.28 bits per heavy atom. The quantitative estimate of drug-likeness (QED) is 0.0770. The number of aliphatic carboxylic acids is 1. The maximum Gasteiger partial charge on any atom is 0.323 e. The van der Waals surface area contributed by atoms with Crippen molar-refractivity contribution in [1.82, 2.24) is 10.6 Å². The van der Waals surface area contributed by atoms with Gasteiger partial charge in [-0.2, -0.15) is 0 Å². The first-order valence-electron chi connectivity index (χ1n) is 19.6. The second-order valence-electron chi connectivity index (χ2n) is 16.1. The second-order valence-corrected chi connectivity index (χ2v) is 16.1. The van der Waals surface area contributed by atoms with Crippen molar-refractivity contribution in [2.75, 3.05) is 13.1 Å². The highest BCUT2D eigenvalue weighted by molar-refractivity contribution is 5.76. The molecule has 0 bridgehead atoms. The Labute approximate surface area is 327 Å². The molecule has 2 rings (SSSR count). The molecule has 0 amide bonds. The van der Waals surface area contributed by atoms with Gasteiger partial charge in [-0.3, -0.25) is 14.4 Å². The molecule has 308 valence electrons. The molecule has 10 heteroatoms. The molecular formula is C44H75N3O7. The van der Waals surface area contributed by atoms with Crippen LogP contribution >= 0.6 is 0 Å². The van der Waals surface area contributed by atoms with Gasteiger partial charge in [0.2, 0.25) is 0 Å². The predicted octanol–water partition coefficient (Wildman–Crippen LogP) is 8.07. The molecule has 3 atom stereocenters. The van der Waals surface area contributed by atoms with Gasteiger partial charge in [0.1, 0.15) is 37.6 Å². The molecule has 5 N–H and O–H groups in total. The minimum Gasteiger partial charge on any atom is -0.480 e. The summed E-state index contributed by atoms with van der Waals surface area (Å²) < 4.78 is 10.5. The first-order valence-corrected chi connectivity index (χ1v) is 19.6. The van der Waals surface area contributed by atoms with Crippen molar-refractivity contribution in [2.24, 2.45) is 41.2 Å². The molecule has 0 aliphatic carbocycles. The van der Waals surface area contributed by atoms with Crippen molar-refractivity contribution in [1.29, 1.82) is 0 Å². The van der Waals surface area contributed by atoms with Gasteiger partial charge >= 0.3 is 17.9 Å². The largest absolute Gasteiger partial charge is 0.480 e. The molecule has 0 radical (unpaired) electrons. The van der Waals surface area contributed by atoms with Crippen LogP contribution in [0.1, 0.15) is 113 Å². The molecule has 10 nitrogen and oxygen atoms in total. The number of aldehydes is 1. The number of carbonyl (C=O) groups is 4. The van der Waals surface area contributed by atoms with Crippen molar-refractivity contribution < 1.29 is 33.8 Å². The zero-order chi connectivity index (χ0) is 41.6. The van der Waals surface area contributed by atoms with Crippen LogP contribution in [0.25, 0.3) is 0 Å². The van der Waals surface area contributed by atoms with Crippen LogP contribution in [0.4, 0.5) is 0 Å². The van der Waals surface area contributed by atoms with Gasteiger partial charge in [-0.1, -0.05) is 144 Å². The molecule has 0 saturated carbocycles. The molecule has 2 aromatic carbocycles. The van der Waals surface area contributed by atoms with E-state index in [4.69, 9.17) is 20.3 Å². The first-order chi connectivity index (χ1) is 25.3. The topological polar surface area (TPSA) is 157 Å². The smallest absolute Gasteiger partial charge is 0.323 e. The van der Waals surface area contributed by atoms with Gasteiger partial charge < -0.3 is 35.7 Å². The molecule has 54 heavy (non-hydrogen) atoms. The zero-order valence-corrected chi connectivity index (χ0v) is 35.5. The fourth-order valence-corrected chi connectivity index (χ4v) is 4.50. The monoisotopic (exact) mass is 758 g/mol. The van der Waals surface area contributed by atoms with Crippen LogP contribution in [0.2, 0.25) is 0 Å². The number of ether oxygens (including phenoxy) is 2. The van der Waals surface area contributed by atoms with Gasteiger partial charge in [-0.25, -0.2) is 0 Å². The number of rotatable bonds is 20. The van der Waals surface area contributed by atoms with Gasteiger partial charge in [0.05, 0.1) is 0 Å². The summed E-state index contributed by atoms with van der Waals surface area (Å²) in [5, 5.41) is 15.2. The third-order valence-corrected chi connectivity index (χ3v) is 7.29. The molecule has 2 aromatic rings.